The zero-order valence-electron chi connectivity index (χ0n) is 17.1. The summed E-state index contributed by atoms with van der Waals surface area (Å²) in [5.74, 6) is -0.00791. The van der Waals surface area contributed by atoms with Crippen molar-refractivity contribution in [1.82, 2.24) is 9.55 Å². The van der Waals surface area contributed by atoms with Gasteiger partial charge in [0.1, 0.15) is 12.4 Å². The molecule has 30 heavy (non-hydrogen) atoms. The highest BCUT2D eigenvalue weighted by Crippen LogP contribution is 2.40. The normalized spacial score (nSPS) is 19.3. The lowest BCUT2D eigenvalue weighted by molar-refractivity contribution is -0.172. The van der Waals surface area contributed by atoms with E-state index in [4.69, 9.17) is 14.5 Å². The highest BCUT2D eigenvalue weighted by Gasteiger charge is 2.45. The highest BCUT2D eigenvalue weighted by atomic mass is 16.6. The van der Waals surface area contributed by atoms with Crippen LogP contribution in [0.25, 0.3) is 22.3 Å². The van der Waals surface area contributed by atoms with Crippen LogP contribution in [0.5, 0.6) is 5.75 Å². The van der Waals surface area contributed by atoms with E-state index in [1.165, 1.54) is 0 Å². The summed E-state index contributed by atoms with van der Waals surface area (Å²) in [5, 5.41) is 12.0. The first-order chi connectivity index (χ1) is 14.4. The van der Waals surface area contributed by atoms with Crippen LogP contribution in [0, 0.1) is 0 Å². The Labute approximate surface area is 172 Å². The van der Waals surface area contributed by atoms with Gasteiger partial charge >= 0.3 is 5.97 Å². The third-order valence-electron chi connectivity index (χ3n) is 6.37. The molecule has 2 aromatic heterocycles. The third kappa shape index (κ3) is 2.32. The molecule has 3 aromatic rings. The Bertz CT molecular complexity index is 1290. The average Bonchev–Trinajstić information content (AvgIpc) is 3.13. The highest BCUT2D eigenvalue weighted by molar-refractivity contribution is 5.89. The number of aromatic nitrogens is 2. The van der Waals surface area contributed by atoms with Crippen LogP contribution in [0.15, 0.2) is 29.1 Å². The molecule has 1 atom stereocenters. The van der Waals surface area contributed by atoms with Crippen LogP contribution in [0.2, 0.25) is 0 Å². The molecule has 154 valence electrons. The minimum absolute atomic E-state index is 0.122. The number of aryl methyl sites for hydroxylation is 1. The molecule has 4 heterocycles. The smallest absolute Gasteiger partial charge is 0.343 e. The second kappa shape index (κ2) is 6.40. The molecule has 0 radical (unpaired) electrons. The number of benzene rings is 1. The van der Waals surface area contributed by atoms with E-state index >= 15 is 0 Å². The van der Waals surface area contributed by atoms with Crippen LogP contribution in [0.1, 0.15) is 42.5 Å². The van der Waals surface area contributed by atoms with Gasteiger partial charge in [-0.15, -0.1) is 0 Å². The van der Waals surface area contributed by atoms with Gasteiger partial charge in [-0.3, -0.25) is 4.79 Å². The molecule has 7 heteroatoms. The molecule has 0 unspecified atom stereocenters. The van der Waals surface area contributed by atoms with E-state index in [9.17, 15) is 14.7 Å². The standard InChI is InChI=1S/C23H22N2O5/c1-4-13-14-7-6-12(29-3)8-18(14)24-20-15(13)10-25-19(20)9-17-16(21(25)26)11-30-22(27)23(17,28)5-2/h6-9,28H,4-5,10-11H2,1-3H3/t23-/m0/s1. The zero-order valence-corrected chi connectivity index (χ0v) is 17.1. The van der Waals surface area contributed by atoms with Gasteiger partial charge < -0.3 is 19.1 Å². The first-order valence-corrected chi connectivity index (χ1v) is 10.1. The molecule has 7 nitrogen and oxygen atoms in total. The fourth-order valence-corrected chi connectivity index (χ4v) is 4.68. The van der Waals surface area contributed by atoms with E-state index in [2.05, 4.69) is 6.92 Å². The van der Waals surface area contributed by atoms with E-state index in [1.54, 1.807) is 24.7 Å². The summed E-state index contributed by atoms with van der Waals surface area (Å²) < 4.78 is 12.2. The number of pyridine rings is 2. The Balaban J connectivity index is 1.83. The number of hydrogen-bond donors (Lipinski definition) is 1. The predicted octanol–water partition coefficient (Wildman–Crippen LogP) is 2.65. The maximum Gasteiger partial charge on any atom is 0.343 e. The first-order valence-electron chi connectivity index (χ1n) is 10.1. The molecule has 0 bridgehead atoms. The first kappa shape index (κ1) is 18.8. The average molecular weight is 406 g/mol. The number of cyclic esters (lactones) is 1. The fourth-order valence-electron chi connectivity index (χ4n) is 4.68. The molecule has 0 saturated carbocycles. The molecule has 0 saturated heterocycles. The zero-order chi connectivity index (χ0) is 21.2. The molecule has 2 aliphatic heterocycles. The molecular weight excluding hydrogens is 384 g/mol. The lowest BCUT2D eigenvalue weighted by Gasteiger charge is -2.31. The number of esters is 1. The summed E-state index contributed by atoms with van der Waals surface area (Å²) in [6.45, 7) is 4.06. The molecule has 0 amide bonds. The molecular formula is C23H22N2O5. The summed E-state index contributed by atoms with van der Waals surface area (Å²) >= 11 is 0. The van der Waals surface area contributed by atoms with Gasteiger partial charge in [-0.05, 0) is 36.6 Å². The van der Waals surface area contributed by atoms with E-state index in [0.717, 1.165) is 28.5 Å². The van der Waals surface area contributed by atoms with Crippen LogP contribution in [0.3, 0.4) is 0 Å². The van der Waals surface area contributed by atoms with Crippen molar-refractivity contribution in [2.45, 2.75) is 45.4 Å². The van der Waals surface area contributed by atoms with Crippen molar-refractivity contribution in [3.05, 3.63) is 56.9 Å². The van der Waals surface area contributed by atoms with Gasteiger partial charge in [-0.25, -0.2) is 9.78 Å². The largest absolute Gasteiger partial charge is 0.497 e. The number of carbonyl (C=O) groups is 1. The van der Waals surface area contributed by atoms with E-state index in [-0.39, 0.29) is 18.6 Å². The van der Waals surface area contributed by atoms with E-state index in [1.807, 2.05) is 18.2 Å². The van der Waals surface area contributed by atoms with Crippen LogP contribution >= 0.6 is 0 Å². The second-order valence-corrected chi connectivity index (χ2v) is 7.76. The van der Waals surface area contributed by atoms with E-state index in [0.29, 0.717) is 34.8 Å². The number of nitrogens with zero attached hydrogens (tertiary/aromatic N) is 2. The van der Waals surface area contributed by atoms with Gasteiger partial charge in [0, 0.05) is 22.6 Å². The number of methoxy groups -OCH3 is 1. The van der Waals surface area contributed by atoms with Gasteiger partial charge in [0.15, 0.2) is 5.60 Å². The summed E-state index contributed by atoms with van der Waals surface area (Å²) in [4.78, 5) is 30.5. The van der Waals surface area contributed by atoms with Crippen molar-refractivity contribution in [2.24, 2.45) is 0 Å². The molecule has 5 rings (SSSR count). The minimum atomic E-state index is -1.82. The Morgan fingerprint density at radius 1 is 1.23 bits per heavy atom. The van der Waals surface area contributed by atoms with E-state index < -0.39 is 11.6 Å². The molecule has 0 spiro atoms. The van der Waals surface area contributed by atoms with Crippen molar-refractivity contribution in [3.8, 4) is 17.1 Å². The van der Waals surface area contributed by atoms with Crippen LogP contribution < -0.4 is 10.3 Å². The quantitative estimate of drug-likeness (QED) is 0.526. The Morgan fingerprint density at radius 2 is 2.03 bits per heavy atom. The van der Waals surface area contributed by atoms with Crippen LogP contribution in [-0.2, 0) is 34.7 Å². The van der Waals surface area contributed by atoms with Crippen LogP contribution in [-0.4, -0.2) is 27.7 Å². The number of aliphatic hydroxyl groups is 1. The van der Waals surface area contributed by atoms with Gasteiger partial charge in [-0.1, -0.05) is 13.8 Å². The van der Waals surface area contributed by atoms with Gasteiger partial charge in [0.2, 0.25) is 0 Å². The third-order valence-corrected chi connectivity index (χ3v) is 6.37. The maximum absolute atomic E-state index is 13.3. The SMILES string of the molecule is CCc1c2c(nc3cc(OC)ccc13)-c1cc3c(c(=O)n1C2)COC(=O)[C@]3(O)CC. The van der Waals surface area contributed by atoms with Crippen molar-refractivity contribution < 1.29 is 19.4 Å². The van der Waals surface area contributed by atoms with Gasteiger partial charge in [-0.2, -0.15) is 0 Å². The summed E-state index contributed by atoms with van der Waals surface area (Å²) in [7, 11) is 1.61. The number of ether oxygens (including phenoxy) is 2. The molecule has 2 aliphatic rings. The van der Waals surface area contributed by atoms with Gasteiger partial charge in [0.05, 0.1) is 36.1 Å². The second-order valence-electron chi connectivity index (χ2n) is 7.76. The van der Waals surface area contributed by atoms with Crippen molar-refractivity contribution in [1.29, 1.82) is 0 Å². The van der Waals surface area contributed by atoms with Crippen molar-refractivity contribution in [2.75, 3.05) is 7.11 Å². The Hall–Kier alpha value is -3.19. The fraction of sp³-hybridized carbons (Fsp3) is 0.348. The summed E-state index contributed by atoms with van der Waals surface area (Å²) in [6.07, 6.45) is 0.910. The lowest BCUT2D eigenvalue weighted by atomic mass is 9.86. The Morgan fingerprint density at radius 3 is 2.73 bits per heavy atom. The minimum Gasteiger partial charge on any atom is -0.497 e. The Kier molecular flexibility index (Phi) is 4.02. The van der Waals surface area contributed by atoms with Crippen molar-refractivity contribution >= 4 is 16.9 Å². The summed E-state index contributed by atoms with van der Waals surface area (Å²) in [6, 6.07) is 7.53. The molecule has 0 fully saturated rings. The maximum atomic E-state index is 13.3. The number of hydrogen-bond acceptors (Lipinski definition) is 6. The van der Waals surface area contributed by atoms with Gasteiger partial charge in [0.25, 0.3) is 5.56 Å². The van der Waals surface area contributed by atoms with Crippen LogP contribution in [0.4, 0.5) is 0 Å². The van der Waals surface area contributed by atoms with Crippen molar-refractivity contribution in [3.63, 3.8) is 0 Å². The molecule has 0 aliphatic carbocycles. The monoisotopic (exact) mass is 406 g/mol. The topological polar surface area (TPSA) is 90.6 Å². The summed E-state index contributed by atoms with van der Waals surface area (Å²) in [5.41, 5.74) is 2.85. The predicted molar refractivity (Wildman–Crippen MR) is 110 cm³/mol. The molecule has 1 N–H and O–H groups in total. The lowest BCUT2D eigenvalue weighted by Crippen LogP contribution is -2.44. The number of fused-ring (bicyclic) bond motifs is 5. The molecule has 1 aromatic carbocycles. The number of rotatable bonds is 3. The number of carbonyl (C=O) groups excluding carboxylic acids is 1.